The predicted octanol–water partition coefficient (Wildman–Crippen LogP) is 1.92. The quantitative estimate of drug-likeness (QED) is 0.852. The third-order valence-electron chi connectivity index (χ3n) is 3.45. The van der Waals surface area contributed by atoms with Crippen LogP contribution in [0.2, 0.25) is 10.2 Å². The topological polar surface area (TPSA) is 87.7 Å². The summed E-state index contributed by atoms with van der Waals surface area (Å²) in [5, 5.41) is 14.5. The van der Waals surface area contributed by atoms with E-state index in [9.17, 15) is 4.79 Å². The molecule has 3 heterocycles. The molecular formula is C12H12Cl2N6O. The first kappa shape index (κ1) is 14.2. The molecule has 0 aliphatic carbocycles. The highest BCUT2D eigenvalue weighted by molar-refractivity contribution is 6.34. The highest BCUT2D eigenvalue weighted by Crippen LogP contribution is 2.26. The normalized spacial score (nSPS) is 18.8. The smallest absolute Gasteiger partial charge is 0.274 e. The zero-order valence-corrected chi connectivity index (χ0v) is 12.5. The summed E-state index contributed by atoms with van der Waals surface area (Å²) in [7, 11) is 0. The van der Waals surface area contributed by atoms with Crippen LogP contribution in [-0.2, 0) is 0 Å². The van der Waals surface area contributed by atoms with E-state index in [-0.39, 0.29) is 22.7 Å². The molecule has 0 radical (unpaired) electrons. The van der Waals surface area contributed by atoms with Gasteiger partial charge in [0.05, 0.1) is 5.02 Å². The van der Waals surface area contributed by atoms with E-state index in [4.69, 9.17) is 23.2 Å². The first-order chi connectivity index (χ1) is 10.1. The lowest BCUT2D eigenvalue weighted by molar-refractivity contribution is 0.0698. The van der Waals surface area contributed by atoms with Crippen LogP contribution in [0.3, 0.4) is 0 Å². The van der Waals surface area contributed by atoms with Gasteiger partial charge in [-0.05, 0) is 25.0 Å². The van der Waals surface area contributed by atoms with Gasteiger partial charge in [-0.25, -0.2) is 4.98 Å². The van der Waals surface area contributed by atoms with Crippen LogP contribution in [-0.4, -0.2) is 49.5 Å². The molecule has 1 saturated heterocycles. The number of amides is 1. The molecule has 0 aromatic carbocycles. The summed E-state index contributed by atoms with van der Waals surface area (Å²) >= 11 is 11.9. The average Bonchev–Trinajstić information content (AvgIpc) is 3.03. The second-order valence-electron chi connectivity index (χ2n) is 4.82. The summed E-state index contributed by atoms with van der Waals surface area (Å²) < 4.78 is 0. The van der Waals surface area contributed by atoms with Crippen molar-refractivity contribution in [2.24, 2.45) is 0 Å². The number of likely N-dealkylation sites (tertiary alicyclic amines) is 1. The molecule has 0 bridgehead atoms. The first-order valence-electron chi connectivity index (χ1n) is 6.50. The monoisotopic (exact) mass is 326 g/mol. The maximum Gasteiger partial charge on any atom is 0.274 e. The Labute approximate surface area is 130 Å². The number of rotatable bonds is 2. The molecule has 2 aromatic rings. The Morgan fingerprint density at radius 2 is 2.24 bits per heavy atom. The van der Waals surface area contributed by atoms with Crippen LogP contribution in [0.1, 0.15) is 35.1 Å². The Morgan fingerprint density at radius 1 is 1.38 bits per heavy atom. The zero-order chi connectivity index (χ0) is 14.8. The van der Waals surface area contributed by atoms with E-state index in [0.717, 1.165) is 12.8 Å². The van der Waals surface area contributed by atoms with Gasteiger partial charge in [-0.3, -0.25) is 4.79 Å². The van der Waals surface area contributed by atoms with Crippen molar-refractivity contribution in [2.75, 3.05) is 13.1 Å². The Balaban J connectivity index is 1.79. The Morgan fingerprint density at radius 3 is 3.00 bits per heavy atom. The van der Waals surface area contributed by atoms with E-state index in [0.29, 0.717) is 23.9 Å². The third-order valence-corrected chi connectivity index (χ3v) is 3.97. The SMILES string of the molecule is O=C(c1nc(Cl)ccc1Cl)N1CCC[C@H](c2nn[nH]n2)C1. The number of halogens is 2. The minimum atomic E-state index is -0.226. The number of tetrazole rings is 1. The maximum atomic E-state index is 12.5. The van der Waals surface area contributed by atoms with Gasteiger partial charge in [0.1, 0.15) is 10.8 Å². The molecule has 0 saturated carbocycles. The van der Waals surface area contributed by atoms with Crippen LogP contribution in [0.15, 0.2) is 12.1 Å². The van der Waals surface area contributed by atoms with Gasteiger partial charge in [0.2, 0.25) is 0 Å². The zero-order valence-electron chi connectivity index (χ0n) is 11.0. The Hall–Kier alpha value is -1.73. The third kappa shape index (κ3) is 2.98. The highest BCUT2D eigenvalue weighted by Gasteiger charge is 2.29. The van der Waals surface area contributed by atoms with E-state index in [1.165, 1.54) is 0 Å². The number of piperidine rings is 1. The summed E-state index contributed by atoms with van der Waals surface area (Å²) in [6.07, 6.45) is 1.78. The summed E-state index contributed by atoms with van der Waals surface area (Å²) in [5.74, 6) is 0.466. The van der Waals surface area contributed by atoms with Gasteiger partial charge in [0.25, 0.3) is 5.91 Å². The van der Waals surface area contributed by atoms with Crippen molar-refractivity contribution in [3.8, 4) is 0 Å². The van der Waals surface area contributed by atoms with E-state index < -0.39 is 0 Å². The standard InChI is InChI=1S/C12H12Cl2N6O/c13-8-3-4-9(14)15-10(8)12(21)20-5-1-2-7(6-20)11-16-18-19-17-11/h3-4,7H,1-2,5-6H2,(H,16,17,18,19)/t7-/m0/s1. The number of hydrogen-bond donors (Lipinski definition) is 1. The molecule has 9 heteroatoms. The Bertz CT molecular complexity index is 647. The van der Waals surface area contributed by atoms with Crippen molar-refractivity contribution in [1.29, 1.82) is 0 Å². The summed E-state index contributed by atoms with van der Waals surface area (Å²) in [4.78, 5) is 18.3. The molecule has 1 fully saturated rings. The number of H-pyrrole nitrogens is 1. The molecule has 1 amide bonds. The molecule has 1 N–H and O–H groups in total. The lowest BCUT2D eigenvalue weighted by Gasteiger charge is -2.31. The van der Waals surface area contributed by atoms with Crippen molar-refractivity contribution < 1.29 is 4.79 Å². The molecule has 0 unspecified atom stereocenters. The average molecular weight is 327 g/mol. The van der Waals surface area contributed by atoms with Gasteiger partial charge in [-0.1, -0.05) is 28.4 Å². The molecule has 110 valence electrons. The first-order valence-corrected chi connectivity index (χ1v) is 7.25. The molecular weight excluding hydrogens is 315 g/mol. The molecule has 7 nitrogen and oxygen atoms in total. The van der Waals surface area contributed by atoms with Crippen molar-refractivity contribution in [2.45, 2.75) is 18.8 Å². The van der Waals surface area contributed by atoms with Crippen LogP contribution in [0.25, 0.3) is 0 Å². The van der Waals surface area contributed by atoms with E-state index in [2.05, 4.69) is 25.6 Å². The second kappa shape index (κ2) is 5.95. The fourth-order valence-electron chi connectivity index (χ4n) is 2.43. The van der Waals surface area contributed by atoms with Gasteiger partial charge >= 0.3 is 0 Å². The van der Waals surface area contributed by atoms with E-state index in [1.54, 1.807) is 17.0 Å². The van der Waals surface area contributed by atoms with Crippen LogP contribution in [0, 0.1) is 0 Å². The fraction of sp³-hybridized carbons (Fsp3) is 0.417. The van der Waals surface area contributed by atoms with Gasteiger partial charge in [-0.15, -0.1) is 10.2 Å². The van der Waals surface area contributed by atoms with E-state index in [1.807, 2.05) is 0 Å². The Kier molecular flexibility index (Phi) is 4.03. The summed E-state index contributed by atoms with van der Waals surface area (Å²) in [6.45, 7) is 1.17. The van der Waals surface area contributed by atoms with Crippen LogP contribution in [0.5, 0.6) is 0 Å². The number of aromatic nitrogens is 5. The van der Waals surface area contributed by atoms with Crippen molar-refractivity contribution in [3.05, 3.63) is 33.8 Å². The molecule has 1 aliphatic heterocycles. The molecule has 21 heavy (non-hydrogen) atoms. The van der Waals surface area contributed by atoms with Gasteiger partial charge in [0.15, 0.2) is 5.82 Å². The number of hydrogen-bond acceptors (Lipinski definition) is 5. The van der Waals surface area contributed by atoms with Crippen molar-refractivity contribution >= 4 is 29.1 Å². The lowest BCUT2D eigenvalue weighted by Crippen LogP contribution is -2.39. The fourth-order valence-corrected chi connectivity index (χ4v) is 2.77. The number of carbonyl (C=O) groups excluding carboxylic acids is 1. The summed E-state index contributed by atoms with van der Waals surface area (Å²) in [6, 6.07) is 3.13. The number of carbonyl (C=O) groups is 1. The second-order valence-corrected chi connectivity index (χ2v) is 5.62. The number of nitrogens with one attached hydrogen (secondary N) is 1. The number of aromatic amines is 1. The number of nitrogens with zero attached hydrogens (tertiary/aromatic N) is 5. The predicted molar refractivity (Wildman–Crippen MR) is 76.3 cm³/mol. The van der Waals surface area contributed by atoms with Crippen LogP contribution < -0.4 is 0 Å². The minimum absolute atomic E-state index is 0.0689. The maximum absolute atomic E-state index is 12.5. The molecule has 1 aliphatic rings. The summed E-state index contributed by atoms with van der Waals surface area (Å²) in [5.41, 5.74) is 0.179. The minimum Gasteiger partial charge on any atom is -0.337 e. The van der Waals surface area contributed by atoms with Gasteiger partial charge in [-0.2, -0.15) is 5.21 Å². The molecule has 3 rings (SSSR count). The molecule has 0 spiro atoms. The van der Waals surface area contributed by atoms with Crippen LogP contribution in [0.4, 0.5) is 0 Å². The van der Waals surface area contributed by atoms with E-state index >= 15 is 0 Å². The highest BCUT2D eigenvalue weighted by atomic mass is 35.5. The van der Waals surface area contributed by atoms with Crippen LogP contribution >= 0.6 is 23.2 Å². The van der Waals surface area contributed by atoms with Crippen molar-refractivity contribution in [1.82, 2.24) is 30.5 Å². The van der Waals surface area contributed by atoms with Crippen molar-refractivity contribution in [3.63, 3.8) is 0 Å². The molecule has 1 atom stereocenters. The van der Waals surface area contributed by atoms with Gasteiger partial charge < -0.3 is 4.90 Å². The van der Waals surface area contributed by atoms with Gasteiger partial charge in [0, 0.05) is 19.0 Å². The number of pyridine rings is 1. The largest absolute Gasteiger partial charge is 0.337 e. The molecule has 2 aromatic heterocycles. The lowest BCUT2D eigenvalue weighted by atomic mass is 9.97.